The first-order valence-electron chi connectivity index (χ1n) is 7.02. The number of primary amides is 1. The van der Waals surface area contributed by atoms with Crippen molar-refractivity contribution in [1.82, 2.24) is 14.6 Å². The number of nitrogens with two attached hydrogens (primary N) is 1. The number of halogens is 2. The smallest absolute Gasteiger partial charge is 0.272 e. The number of carbonyl (C=O) groups is 1. The first-order chi connectivity index (χ1) is 12.1. The fourth-order valence-corrected chi connectivity index (χ4v) is 8.37. The van der Waals surface area contributed by atoms with Crippen molar-refractivity contribution in [1.29, 1.82) is 0 Å². The zero-order chi connectivity index (χ0) is 21.2. The van der Waals surface area contributed by atoms with E-state index in [0.29, 0.717) is 11.4 Å². The zero-order valence-electron chi connectivity index (χ0n) is 14.7. The van der Waals surface area contributed by atoms with Gasteiger partial charge >= 0.3 is 0 Å². The van der Waals surface area contributed by atoms with Crippen molar-refractivity contribution in [3.05, 3.63) is 21.1 Å². The Balaban J connectivity index is 0.000000309. The number of alkyl halides is 1. The summed E-state index contributed by atoms with van der Waals surface area (Å²) in [5.41, 5.74) is 7.53. The highest BCUT2D eigenvalue weighted by molar-refractivity contribution is 9.12. The van der Waals surface area contributed by atoms with Crippen LogP contribution in [0.5, 0.6) is 0 Å². The van der Waals surface area contributed by atoms with Gasteiger partial charge in [0.2, 0.25) is 15.9 Å². The van der Waals surface area contributed by atoms with E-state index in [-0.39, 0.29) is 14.9 Å². The van der Waals surface area contributed by atoms with Crippen LogP contribution in [0.2, 0.25) is 0 Å². The molecule has 154 valence electrons. The number of sulfonamides is 1. The van der Waals surface area contributed by atoms with Crippen molar-refractivity contribution < 1.29 is 21.6 Å². The van der Waals surface area contributed by atoms with Gasteiger partial charge in [0.25, 0.3) is 9.05 Å². The number of allylic oxidation sites excluding steroid dienone is 1. The summed E-state index contributed by atoms with van der Waals surface area (Å²) in [5, 5.41) is 2.93. The molecule has 1 aromatic rings. The predicted molar refractivity (Wildman–Crippen MR) is 111 cm³/mol. The van der Waals surface area contributed by atoms with Crippen LogP contribution in [0.25, 0.3) is 0 Å². The summed E-state index contributed by atoms with van der Waals surface area (Å²) in [6, 6.07) is 0. The van der Waals surface area contributed by atoms with Gasteiger partial charge in [-0.05, 0) is 29.8 Å². The van der Waals surface area contributed by atoms with Gasteiger partial charge in [-0.2, -0.15) is 0 Å². The topological polar surface area (TPSA) is 140 Å². The molecular formula is C12H18BrClN4O5S4. The Morgan fingerprint density at radius 2 is 1.93 bits per heavy atom. The second-order valence-corrected chi connectivity index (χ2v) is 14.6. The minimum absolute atomic E-state index is 0.0124. The molecule has 2 heterocycles. The number of aromatic nitrogens is 1. The van der Waals surface area contributed by atoms with Gasteiger partial charge in [-0.15, -0.1) is 11.3 Å². The van der Waals surface area contributed by atoms with Crippen LogP contribution in [0.15, 0.2) is 19.7 Å². The summed E-state index contributed by atoms with van der Waals surface area (Å²) in [6.45, 7) is 3.25. The van der Waals surface area contributed by atoms with Crippen molar-refractivity contribution in [3.8, 4) is 0 Å². The number of nitrogens with zero attached hydrogens (tertiary/aromatic N) is 2. The molecule has 3 N–H and O–H groups in total. The summed E-state index contributed by atoms with van der Waals surface area (Å²) < 4.78 is 45.9. The number of nitrogens with one attached hydrogen (secondary N) is 1. The number of thiazole rings is 1. The fourth-order valence-electron chi connectivity index (χ4n) is 1.82. The van der Waals surface area contributed by atoms with Gasteiger partial charge < -0.3 is 11.1 Å². The molecule has 2 rings (SSSR count). The molecule has 15 heteroatoms. The third-order valence-electron chi connectivity index (χ3n) is 2.97. The maximum absolute atomic E-state index is 12.0. The first kappa shape index (κ1) is 24.7. The van der Waals surface area contributed by atoms with E-state index >= 15 is 0 Å². The lowest BCUT2D eigenvalue weighted by molar-refractivity contribution is -0.118. The molecule has 1 aromatic heterocycles. The quantitative estimate of drug-likeness (QED) is 0.326. The molecule has 0 saturated carbocycles. The number of carbonyl (C=O) groups excluding carboxylic acids is 1. The maximum Gasteiger partial charge on any atom is 0.272 e. The number of amides is 1. The Hall–Kier alpha value is -0.380. The molecule has 0 aliphatic carbocycles. The molecule has 1 aliphatic heterocycles. The van der Waals surface area contributed by atoms with Crippen LogP contribution in [0.3, 0.4) is 0 Å². The average molecular weight is 542 g/mol. The average Bonchev–Trinajstić information content (AvgIpc) is 3.01. The molecule has 1 atom stereocenters. The second kappa shape index (κ2) is 8.97. The lowest BCUT2D eigenvalue weighted by Crippen LogP contribution is -2.35. The molecule has 0 aromatic carbocycles. The van der Waals surface area contributed by atoms with Crippen LogP contribution in [0.4, 0.5) is 0 Å². The summed E-state index contributed by atoms with van der Waals surface area (Å²) in [5.74, 6) is -0.516. The van der Waals surface area contributed by atoms with Crippen molar-refractivity contribution in [2.75, 3.05) is 14.1 Å². The number of hydrogen-bond acceptors (Lipinski definition) is 9. The molecule has 1 amide bonds. The highest BCUT2D eigenvalue weighted by atomic mass is 79.9. The monoisotopic (exact) mass is 540 g/mol. The predicted octanol–water partition coefficient (Wildman–Crippen LogP) is 1.71. The molecule has 0 fully saturated rings. The van der Waals surface area contributed by atoms with E-state index in [4.69, 9.17) is 16.4 Å². The fraction of sp³-hybridized carbons (Fsp3) is 0.500. The van der Waals surface area contributed by atoms with E-state index in [1.807, 2.05) is 0 Å². The minimum atomic E-state index is -3.56. The summed E-state index contributed by atoms with van der Waals surface area (Å²) in [7, 11) is 0.898. The van der Waals surface area contributed by atoms with Crippen LogP contribution in [-0.4, -0.2) is 49.9 Å². The van der Waals surface area contributed by atoms with Crippen molar-refractivity contribution in [2.45, 2.75) is 28.3 Å². The lowest BCUT2D eigenvalue weighted by Gasteiger charge is -2.21. The Bertz CT molecular complexity index is 960. The van der Waals surface area contributed by atoms with Crippen LogP contribution >= 0.6 is 49.7 Å². The van der Waals surface area contributed by atoms with Crippen LogP contribution in [0.1, 0.15) is 19.0 Å². The Morgan fingerprint density at radius 1 is 1.37 bits per heavy atom. The first-order valence-corrected chi connectivity index (χ1v) is 13.3. The number of thioether (sulfide) groups is 1. The molecule has 9 nitrogen and oxygen atoms in total. The highest BCUT2D eigenvalue weighted by Gasteiger charge is 2.42. The molecule has 0 spiro atoms. The van der Waals surface area contributed by atoms with Gasteiger partial charge in [0.15, 0.2) is 7.99 Å². The summed E-state index contributed by atoms with van der Waals surface area (Å²) >= 11 is 5.36. The minimum Gasteiger partial charge on any atom is -0.370 e. The molecule has 0 bridgehead atoms. The largest absolute Gasteiger partial charge is 0.370 e. The van der Waals surface area contributed by atoms with Gasteiger partial charge in [-0.3, -0.25) is 4.79 Å². The maximum atomic E-state index is 12.0. The highest BCUT2D eigenvalue weighted by Crippen LogP contribution is 2.47. The lowest BCUT2D eigenvalue weighted by atomic mass is 10.4. The standard InChI is InChI=1S/C8H14BrN3O3S2.C4H4ClNO2S2/c1-5-7(17(14,15)12(2)3)16-8(9,11-5)4-6(10)13;1-3-4(9-2-6-3)10(5,7)8/h11H,4H2,1-3H3,(H2,10,13);2H,1H3. The second-order valence-electron chi connectivity index (χ2n) is 5.46. The molecular weight excluding hydrogens is 524 g/mol. The third kappa shape index (κ3) is 6.58. The summed E-state index contributed by atoms with van der Waals surface area (Å²) in [4.78, 5) is 14.7. The van der Waals surface area contributed by atoms with Crippen molar-refractivity contribution >= 4 is 74.7 Å². The van der Waals surface area contributed by atoms with E-state index in [1.165, 1.54) is 19.6 Å². The van der Waals surface area contributed by atoms with Gasteiger partial charge in [0.1, 0.15) is 4.24 Å². The van der Waals surface area contributed by atoms with Crippen LogP contribution < -0.4 is 11.1 Å². The SMILES string of the molecule is CC1=C(S(=O)(=O)N(C)C)SC(Br)(CC(N)=O)N1.Cc1ncsc1S(=O)(=O)Cl. The van der Waals surface area contributed by atoms with E-state index in [0.717, 1.165) is 27.4 Å². The Kier molecular flexibility index (Phi) is 8.19. The van der Waals surface area contributed by atoms with Crippen LogP contribution in [0, 0.1) is 6.92 Å². The number of aryl methyl sites for hydroxylation is 1. The van der Waals surface area contributed by atoms with E-state index in [9.17, 15) is 21.6 Å². The van der Waals surface area contributed by atoms with Gasteiger partial charge in [0.05, 0.1) is 17.6 Å². The molecule has 0 saturated heterocycles. The van der Waals surface area contributed by atoms with Gasteiger partial charge in [0, 0.05) is 30.5 Å². The third-order valence-corrected chi connectivity index (χ3v) is 10.8. The van der Waals surface area contributed by atoms with E-state index in [2.05, 4.69) is 26.2 Å². The molecule has 1 unspecified atom stereocenters. The van der Waals surface area contributed by atoms with E-state index < -0.39 is 28.8 Å². The number of hydrogen-bond donors (Lipinski definition) is 2. The Morgan fingerprint density at radius 3 is 2.26 bits per heavy atom. The normalized spacial score (nSPS) is 20.3. The molecule has 0 radical (unpaired) electrons. The zero-order valence-corrected chi connectivity index (χ0v) is 20.3. The van der Waals surface area contributed by atoms with Crippen molar-refractivity contribution in [2.24, 2.45) is 5.73 Å². The molecule has 27 heavy (non-hydrogen) atoms. The van der Waals surface area contributed by atoms with E-state index in [1.54, 1.807) is 13.8 Å². The summed E-state index contributed by atoms with van der Waals surface area (Å²) in [6.07, 6.45) is -0.0124. The van der Waals surface area contributed by atoms with Gasteiger partial charge in [-0.1, -0.05) is 11.8 Å². The Labute approximate surface area is 179 Å². The van der Waals surface area contributed by atoms with Crippen LogP contribution in [-0.2, 0) is 23.9 Å². The van der Waals surface area contributed by atoms with Gasteiger partial charge in [-0.25, -0.2) is 26.1 Å². The number of rotatable bonds is 5. The van der Waals surface area contributed by atoms with Crippen molar-refractivity contribution in [3.63, 3.8) is 0 Å². The molecule has 1 aliphatic rings.